The summed E-state index contributed by atoms with van der Waals surface area (Å²) in [5.41, 5.74) is 2.90. The zero-order valence-corrected chi connectivity index (χ0v) is 15.9. The number of nitrogens with zero attached hydrogens (tertiary/aromatic N) is 4. The summed E-state index contributed by atoms with van der Waals surface area (Å²) in [6.45, 7) is 0.591. The molecule has 0 saturated heterocycles. The summed E-state index contributed by atoms with van der Waals surface area (Å²) in [7, 11) is 0. The van der Waals surface area contributed by atoms with Gasteiger partial charge in [-0.05, 0) is 42.3 Å². The van der Waals surface area contributed by atoms with Crippen LogP contribution in [-0.2, 0) is 11.2 Å². The van der Waals surface area contributed by atoms with Crippen molar-refractivity contribution < 1.29 is 4.79 Å². The van der Waals surface area contributed by atoms with Gasteiger partial charge in [0.05, 0.1) is 0 Å². The third-order valence-electron chi connectivity index (χ3n) is 4.16. The van der Waals surface area contributed by atoms with Crippen molar-refractivity contribution in [2.45, 2.75) is 17.9 Å². The SMILES string of the molecule is O=C(CCSc1ccc2nncn2n1)NCCc1c[nH]c2ccc(Cl)cc12. The Morgan fingerprint density at radius 3 is 3.15 bits per heavy atom. The van der Waals surface area contributed by atoms with Gasteiger partial charge in [0.1, 0.15) is 11.4 Å². The lowest BCUT2D eigenvalue weighted by Crippen LogP contribution is -2.25. The molecule has 0 aliphatic rings. The Hall–Kier alpha value is -2.58. The number of hydrogen-bond acceptors (Lipinski definition) is 5. The van der Waals surface area contributed by atoms with Crippen molar-refractivity contribution in [3.63, 3.8) is 0 Å². The summed E-state index contributed by atoms with van der Waals surface area (Å²) in [5.74, 6) is 0.695. The maximum atomic E-state index is 12.1. The zero-order valence-electron chi connectivity index (χ0n) is 14.4. The molecule has 4 aromatic rings. The Kier molecular flexibility index (Phi) is 5.26. The van der Waals surface area contributed by atoms with Crippen LogP contribution in [0.25, 0.3) is 16.6 Å². The van der Waals surface area contributed by atoms with E-state index >= 15 is 0 Å². The molecule has 0 spiro atoms. The van der Waals surface area contributed by atoms with E-state index in [1.54, 1.807) is 10.8 Å². The second-order valence-electron chi connectivity index (χ2n) is 6.01. The highest BCUT2D eigenvalue weighted by Crippen LogP contribution is 2.22. The summed E-state index contributed by atoms with van der Waals surface area (Å²) < 4.78 is 1.62. The third-order valence-corrected chi connectivity index (χ3v) is 5.32. The second kappa shape index (κ2) is 7.98. The van der Waals surface area contributed by atoms with E-state index < -0.39 is 0 Å². The maximum absolute atomic E-state index is 12.1. The van der Waals surface area contributed by atoms with Crippen LogP contribution in [-0.4, -0.2) is 43.0 Å². The molecule has 2 N–H and O–H groups in total. The minimum absolute atomic E-state index is 0.0331. The molecule has 7 nitrogen and oxygen atoms in total. The first-order valence-electron chi connectivity index (χ1n) is 8.51. The third kappa shape index (κ3) is 4.23. The van der Waals surface area contributed by atoms with E-state index in [0.717, 1.165) is 27.9 Å². The minimum atomic E-state index is 0.0331. The van der Waals surface area contributed by atoms with Crippen molar-refractivity contribution in [1.29, 1.82) is 0 Å². The number of nitrogens with one attached hydrogen (secondary N) is 2. The van der Waals surface area contributed by atoms with Crippen molar-refractivity contribution in [2.24, 2.45) is 0 Å². The Labute approximate surface area is 164 Å². The highest BCUT2D eigenvalue weighted by atomic mass is 35.5. The van der Waals surface area contributed by atoms with Gasteiger partial charge in [-0.3, -0.25) is 4.79 Å². The largest absolute Gasteiger partial charge is 0.361 e. The molecule has 138 valence electrons. The second-order valence-corrected chi connectivity index (χ2v) is 7.56. The van der Waals surface area contributed by atoms with E-state index in [2.05, 4.69) is 25.6 Å². The molecule has 0 aliphatic carbocycles. The number of halogens is 1. The Morgan fingerprint density at radius 1 is 1.30 bits per heavy atom. The average Bonchev–Trinajstić information content (AvgIpc) is 3.28. The van der Waals surface area contributed by atoms with Gasteiger partial charge in [-0.15, -0.1) is 22.0 Å². The zero-order chi connectivity index (χ0) is 18.6. The van der Waals surface area contributed by atoms with Crippen LogP contribution in [0.2, 0.25) is 5.02 Å². The van der Waals surface area contributed by atoms with Gasteiger partial charge in [-0.1, -0.05) is 11.6 Å². The molecule has 4 rings (SSSR count). The molecule has 0 atom stereocenters. The number of carbonyl (C=O) groups is 1. The van der Waals surface area contributed by atoms with Gasteiger partial charge in [-0.25, -0.2) is 0 Å². The summed E-state index contributed by atoms with van der Waals surface area (Å²) in [4.78, 5) is 15.3. The summed E-state index contributed by atoms with van der Waals surface area (Å²) in [6.07, 6.45) is 4.72. The number of fused-ring (bicyclic) bond motifs is 2. The van der Waals surface area contributed by atoms with Crippen molar-refractivity contribution in [1.82, 2.24) is 30.1 Å². The quantitative estimate of drug-likeness (QED) is 0.465. The summed E-state index contributed by atoms with van der Waals surface area (Å²) in [6, 6.07) is 9.51. The molecule has 0 fully saturated rings. The van der Waals surface area contributed by atoms with Crippen LogP contribution in [0.4, 0.5) is 0 Å². The first-order valence-corrected chi connectivity index (χ1v) is 9.87. The molecule has 27 heavy (non-hydrogen) atoms. The van der Waals surface area contributed by atoms with Crippen LogP contribution in [0.3, 0.4) is 0 Å². The van der Waals surface area contributed by atoms with Crippen molar-refractivity contribution >= 4 is 45.8 Å². The number of benzene rings is 1. The van der Waals surface area contributed by atoms with Crippen LogP contribution in [0.5, 0.6) is 0 Å². The number of aromatic amines is 1. The van der Waals surface area contributed by atoms with Gasteiger partial charge < -0.3 is 10.3 Å². The topological polar surface area (TPSA) is 88.0 Å². The minimum Gasteiger partial charge on any atom is -0.361 e. The predicted octanol–water partition coefficient (Wildman–Crippen LogP) is 3.10. The fourth-order valence-electron chi connectivity index (χ4n) is 2.82. The monoisotopic (exact) mass is 400 g/mol. The number of rotatable bonds is 7. The molecule has 0 unspecified atom stereocenters. The fraction of sp³-hybridized carbons (Fsp3) is 0.222. The molecule has 0 radical (unpaired) electrons. The lowest BCUT2D eigenvalue weighted by Gasteiger charge is -2.05. The molecule has 3 aromatic heterocycles. The number of amides is 1. The summed E-state index contributed by atoms with van der Waals surface area (Å²) in [5, 5.41) is 17.7. The summed E-state index contributed by atoms with van der Waals surface area (Å²) >= 11 is 7.60. The van der Waals surface area contributed by atoms with Gasteiger partial charge in [0.2, 0.25) is 5.91 Å². The number of carbonyl (C=O) groups excluding carboxylic acids is 1. The molecule has 1 amide bonds. The van der Waals surface area contributed by atoms with Crippen LogP contribution in [0, 0.1) is 0 Å². The van der Waals surface area contributed by atoms with Crippen LogP contribution < -0.4 is 5.32 Å². The number of H-pyrrole nitrogens is 1. The Balaban J connectivity index is 1.23. The Bertz CT molecular complexity index is 1090. The van der Waals surface area contributed by atoms with E-state index in [4.69, 9.17) is 11.6 Å². The lowest BCUT2D eigenvalue weighted by molar-refractivity contribution is -0.120. The van der Waals surface area contributed by atoms with Crippen LogP contribution >= 0.6 is 23.4 Å². The van der Waals surface area contributed by atoms with Gasteiger partial charge in [0.15, 0.2) is 5.65 Å². The fourth-order valence-corrected chi connectivity index (χ4v) is 3.80. The van der Waals surface area contributed by atoms with Crippen LogP contribution in [0.1, 0.15) is 12.0 Å². The molecule has 0 aliphatic heterocycles. The van der Waals surface area contributed by atoms with E-state index in [-0.39, 0.29) is 5.91 Å². The van der Waals surface area contributed by atoms with E-state index in [0.29, 0.717) is 29.4 Å². The van der Waals surface area contributed by atoms with Crippen LogP contribution in [0.15, 0.2) is 47.9 Å². The van der Waals surface area contributed by atoms with Gasteiger partial charge >= 0.3 is 0 Å². The normalized spacial score (nSPS) is 11.3. The lowest BCUT2D eigenvalue weighted by atomic mass is 10.1. The Morgan fingerprint density at radius 2 is 2.22 bits per heavy atom. The van der Waals surface area contributed by atoms with Gasteiger partial charge in [-0.2, -0.15) is 9.61 Å². The van der Waals surface area contributed by atoms with Crippen molar-refractivity contribution in [2.75, 3.05) is 12.3 Å². The standard InChI is InChI=1S/C18H17ClN6OS/c19-13-1-2-15-14(9-13)12(10-21-15)5-7-20-17(26)6-8-27-18-4-3-16-23-22-11-25(16)24-18/h1-4,9-11,21H,5-8H2,(H,20,26). The number of aromatic nitrogens is 5. The van der Waals surface area contributed by atoms with E-state index in [1.165, 1.54) is 11.8 Å². The molecular formula is C18H17ClN6OS. The van der Waals surface area contributed by atoms with E-state index in [1.807, 2.05) is 36.5 Å². The first kappa shape index (κ1) is 17.8. The predicted molar refractivity (Wildman–Crippen MR) is 106 cm³/mol. The molecular weight excluding hydrogens is 384 g/mol. The molecule has 1 aromatic carbocycles. The van der Waals surface area contributed by atoms with E-state index in [9.17, 15) is 4.79 Å². The highest BCUT2D eigenvalue weighted by Gasteiger charge is 2.07. The average molecular weight is 401 g/mol. The maximum Gasteiger partial charge on any atom is 0.220 e. The molecule has 9 heteroatoms. The smallest absolute Gasteiger partial charge is 0.220 e. The first-order chi connectivity index (χ1) is 13.2. The number of hydrogen-bond donors (Lipinski definition) is 2. The molecule has 0 saturated carbocycles. The van der Waals surface area contributed by atoms with Gasteiger partial charge in [0, 0.05) is 40.8 Å². The molecule has 3 heterocycles. The number of thioether (sulfide) groups is 1. The van der Waals surface area contributed by atoms with Crippen molar-refractivity contribution in [3.05, 3.63) is 53.4 Å². The molecule has 0 bridgehead atoms. The van der Waals surface area contributed by atoms with Crippen molar-refractivity contribution in [3.8, 4) is 0 Å². The highest BCUT2D eigenvalue weighted by molar-refractivity contribution is 7.99. The van der Waals surface area contributed by atoms with Gasteiger partial charge in [0.25, 0.3) is 0 Å².